The fraction of sp³-hybridized carbons (Fsp3) is 0.857. The second-order valence-electron chi connectivity index (χ2n) is 6.51. The summed E-state index contributed by atoms with van der Waals surface area (Å²) in [5.41, 5.74) is 0.298. The van der Waals surface area contributed by atoms with Gasteiger partial charge in [0.05, 0.1) is 0 Å². The Bertz CT molecular complexity index is 329. The Hall–Kier alpha value is -1.26. The highest BCUT2D eigenvalue weighted by Crippen LogP contribution is 2.34. The number of aliphatic carboxylic acids is 1. The van der Waals surface area contributed by atoms with Crippen LogP contribution in [0.3, 0.4) is 0 Å². The molecule has 110 valence electrons. The van der Waals surface area contributed by atoms with E-state index in [2.05, 4.69) is 24.5 Å². The molecule has 0 aromatic carbocycles. The molecular formula is C14H26N2O3. The molecule has 1 rings (SSSR count). The maximum Gasteiger partial charge on any atom is 0.315 e. The van der Waals surface area contributed by atoms with E-state index in [4.69, 9.17) is 5.11 Å². The van der Waals surface area contributed by atoms with Gasteiger partial charge in [0.2, 0.25) is 0 Å². The third-order valence-electron chi connectivity index (χ3n) is 3.67. The molecule has 2 atom stereocenters. The van der Waals surface area contributed by atoms with Gasteiger partial charge in [-0.3, -0.25) is 4.79 Å². The molecule has 5 heteroatoms. The van der Waals surface area contributed by atoms with E-state index in [1.807, 2.05) is 6.92 Å². The molecule has 19 heavy (non-hydrogen) atoms. The van der Waals surface area contributed by atoms with Gasteiger partial charge in [0, 0.05) is 19.0 Å². The smallest absolute Gasteiger partial charge is 0.315 e. The fourth-order valence-electron chi connectivity index (χ4n) is 2.69. The van der Waals surface area contributed by atoms with Gasteiger partial charge in [0.15, 0.2) is 0 Å². The van der Waals surface area contributed by atoms with Crippen molar-refractivity contribution < 1.29 is 14.7 Å². The first-order chi connectivity index (χ1) is 8.78. The number of carbonyl (C=O) groups excluding carboxylic acids is 1. The van der Waals surface area contributed by atoms with Crippen LogP contribution in [-0.2, 0) is 4.79 Å². The van der Waals surface area contributed by atoms with Crippen LogP contribution in [0.4, 0.5) is 4.79 Å². The molecule has 1 saturated carbocycles. The van der Waals surface area contributed by atoms with Crippen molar-refractivity contribution in [3.63, 3.8) is 0 Å². The Morgan fingerprint density at radius 1 is 1.42 bits per heavy atom. The summed E-state index contributed by atoms with van der Waals surface area (Å²) < 4.78 is 0. The van der Waals surface area contributed by atoms with Crippen LogP contribution in [0.1, 0.15) is 52.9 Å². The van der Waals surface area contributed by atoms with Crippen molar-refractivity contribution in [2.75, 3.05) is 6.54 Å². The van der Waals surface area contributed by atoms with E-state index in [1.54, 1.807) is 0 Å². The van der Waals surface area contributed by atoms with Crippen molar-refractivity contribution in [3.05, 3.63) is 0 Å². The zero-order valence-electron chi connectivity index (χ0n) is 12.2. The van der Waals surface area contributed by atoms with Crippen LogP contribution < -0.4 is 10.6 Å². The topological polar surface area (TPSA) is 78.4 Å². The Kier molecular flexibility index (Phi) is 5.63. The number of rotatable bonds is 5. The molecule has 3 N–H and O–H groups in total. The minimum atomic E-state index is -0.830. The van der Waals surface area contributed by atoms with E-state index in [0.717, 1.165) is 19.3 Å². The van der Waals surface area contributed by atoms with E-state index < -0.39 is 5.97 Å². The fourth-order valence-corrected chi connectivity index (χ4v) is 2.69. The maximum atomic E-state index is 11.7. The monoisotopic (exact) mass is 270 g/mol. The van der Waals surface area contributed by atoms with E-state index >= 15 is 0 Å². The predicted octanol–water partition coefficient (Wildman–Crippen LogP) is 2.37. The van der Waals surface area contributed by atoms with Gasteiger partial charge >= 0.3 is 12.0 Å². The van der Waals surface area contributed by atoms with Crippen molar-refractivity contribution >= 4 is 12.0 Å². The first kappa shape index (κ1) is 15.8. The molecule has 0 heterocycles. The summed E-state index contributed by atoms with van der Waals surface area (Å²) >= 11 is 0. The second-order valence-corrected chi connectivity index (χ2v) is 6.51. The first-order valence-electron chi connectivity index (χ1n) is 7.05. The summed E-state index contributed by atoms with van der Waals surface area (Å²) in [6.45, 7) is 6.67. The van der Waals surface area contributed by atoms with E-state index in [1.165, 1.54) is 6.42 Å². The molecule has 2 amide bonds. The van der Waals surface area contributed by atoms with Gasteiger partial charge in [0.25, 0.3) is 0 Å². The van der Waals surface area contributed by atoms with Crippen molar-refractivity contribution in [2.24, 2.45) is 11.3 Å². The van der Waals surface area contributed by atoms with E-state index in [-0.39, 0.29) is 24.4 Å². The van der Waals surface area contributed by atoms with Crippen LogP contribution in [0, 0.1) is 11.3 Å². The van der Waals surface area contributed by atoms with Gasteiger partial charge < -0.3 is 15.7 Å². The summed E-state index contributed by atoms with van der Waals surface area (Å²) in [5.74, 6) is -0.880. The molecule has 0 radical (unpaired) electrons. The molecule has 0 aliphatic heterocycles. The molecule has 1 fully saturated rings. The van der Waals surface area contributed by atoms with Crippen molar-refractivity contribution in [1.29, 1.82) is 0 Å². The molecule has 1 aliphatic carbocycles. The third kappa shape index (κ3) is 6.45. The number of nitrogens with one attached hydrogen (secondary N) is 2. The SMILES string of the molecule is CC(CNC(=O)NC1CCCC(C)(C)C1)CC(=O)O. The molecule has 5 nitrogen and oxygen atoms in total. The van der Waals surface area contributed by atoms with Crippen molar-refractivity contribution in [2.45, 2.75) is 58.9 Å². The maximum absolute atomic E-state index is 11.7. The van der Waals surface area contributed by atoms with Crippen molar-refractivity contribution in [1.82, 2.24) is 10.6 Å². The summed E-state index contributed by atoms with van der Waals surface area (Å²) in [7, 11) is 0. The summed E-state index contributed by atoms with van der Waals surface area (Å²) in [5, 5.41) is 14.4. The lowest BCUT2D eigenvalue weighted by atomic mass is 9.75. The molecule has 0 aromatic rings. The zero-order valence-corrected chi connectivity index (χ0v) is 12.2. The molecule has 1 aliphatic rings. The van der Waals surface area contributed by atoms with Gasteiger partial charge in [-0.15, -0.1) is 0 Å². The summed E-state index contributed by atoms with van der Waals surface area (Å²) in [4.78, 5) is 22.3. The number of hydrogen-bond donors (Lipinski definition) is 3. The van der Waals surface area contributed by atoms with Gasteiger partial charge in [0.1, 0.15) is 0 Å². The van der Waals surface area contributed by atoms with Crippen LogP contribution >= 0.6 is 0 Å². The Balaban J connectivity index is 2.25. The standard InChI is InChI=1S/C14H26N2O3/c1-10(7-12(17)18)9-15-13(19)16-11-5-4-6-14(2,3)8-11/h10-11H,4-9H2,1-3H3,(H,17,18)(H2,15,16,19). The van der Waals surface area contributed by atoms with Crippen LogP contribution in [0.5, 0.6) is 0 Å². The lowest BCUT2D eigenvalue weighted by molar-refractivity contribution is -0.137. The van der Waals surface area contributed by atoms with Crippen LogP contribution in [0.2, 0.25) is 0 Å². The summed E-state index contributed by atoms with van der Waals surface area (Å²) in [6.07, 6.45) is 4.47. The van der Waals surface area contributed by atoms with E-state index in [9.17, 15) is 9.59 Å². The average Bonchev–Trinajstić information content (AvgIpc) is 2.24. The normalized spacial score (nSPS) is 23.4. The highest BCUT2D eigenvalue weighted by atomic mass is 16.4. The van der Waals surface area contributed by atoms with Gasteiger partial charge in [-0.05, 0) is 30.6 Å². The van der Waals surface area contributed by atoms with E-state index in [0.29, 0.717) is 12.0 Å². The number of carboxylic acid groups (broad SMARTS) is 1. The minimum absolute atomic E-state index is 0.0500. The molecule has 0 bridgehead atoms. The van der Waals surface area contributed by atoms with Gasteiger partial charge in [-0.1, -0.05) is 27.2 Å². The second kappa shape index (κ2) is 6.78. The van der Waals surface area contributed by atoms with Crippen LogP contribution in [0.15, 0.2) is 0 Å². The van der Waals surface area contributed by atoms with Crippen molar-refractivity contribution in [3.8, 4) is 0 Å². The zero-order chi connectivity index (χ0) is 14.5. The Morgan fingerprint density at radius 3 is 2.68 bits per heavy atom. The Morgan fingerprint density at radius 2 is 2.11 bits per heavy atom. The molecule has 0 aromatic heterocycles. The quantitative estimate of drug-likeness (QED) is 0.717. The van der Waals surface area contributed by atoms with Gasteiger partial charge in [-0.2, -0.15) is 0 Å². The number of urea groups is 1. The summed E-state index contributed by atoms with van der Waals surface area (Å²) in [6, 6.07) is 0.0541. The number of carboxylic acids is 1. The number of carbonyl (C=O) groups is 2. The number of hydrogen-bond acceptors (Lipinski definition) is 2. The van der Waals surface area contributed by atoms with Crippen LogP contribution in [0.25, 0.3) is 0 Å². The molecule has 0 saturated heterocycles. The third-order valence-corrected chi connectivity index (χ3v) is 3.67. The molecular weight excluding hydrogens is 244 g/mol. The predicted molar refractivity (Wildman–Crippen MR) is 74.0 cm³/mol. The number of amides is 2. The minimum Gasteiger partial charge on any atom is -0.481 e. The lowest BCUT2D eigenvalue weighted by Gasteiger charge is -2.35. The Labute approximate surface area is 115 Å². The van der Waals surface area contributed by atoms with Gasteiger partial charge in [-0.25, -0.2) is 4.79 Å². The van der Waals surface area contributed by atoms with Crippen LogP contribution in [-0.4, -0.2) is 29.7 Å². The highest BCUT2D eigenvalue weighted by Gasteiger charge is 2.28. The largest absolute Gasteiger partial charge is 0.481 e. The first-order valence-corrected chi connectivity index (χ1v) is 7.05. The molecule has 0 spiro atoms. The highest BCUT2D eigenvalue weighted by molar-refractivity contribution is 5.74. The molecule has 2 unspecified atom stereocenters. The lowest BCUT2D eigenvalue weighted by Crippen LogP contribution is -2.46. The average molecular weight is 270 g/mol.